The van der Waals surface area contributed by atoms with E-state index < -0.39 is 5.82 Å². The molecule has 0 spiro atoms. The Morgan fingerprint density at radius 1 is 1.37 bits per heavy atom. The molecule has 0 atom stereocenters. The Kier molecular flexibility index (Phi) is 3.10. The SMILES string of the molecule is O=C(c1cccc(Br)c1F)N1CCn2ccnc2C1. The number of halogens is 2. The van der Waals surface area contributed by atoms with Crippen LogP contribution in [0.5, 0.6) is 0 Å². The third-order valence-corrected chi connectivity index (χ3v) is 3.83. The summed E-state index contributed by atoms with van der Waals surface area (Å²) in [5.74, 6) is 0.0180. The molecule has 0 N–H and O–H groups in total. The van der Waals surface area contributed by atoms with Gasteiger partial charge >= 0.3 is 0 Å². The summed E-state index contributed by atoms with van der Waals surface area (Å²) in [4.78, 5) is 18.1. The van der Waals surface area contributed by atoms with Gasteiger partial charge in [-0.1, -0.05) is 6.07 Å². The van der Waals surface area contributed by atoms with Crippen molar-refractivity contribution in [2.24, 2.45) is 0 Å². The number of fused-ring (bicyclic) bond motifs is 1. The summed E-state index contributed by atoms with van der Waals surface area (Å²) in [7, 11) is 0. The van der Waals surface area contributed by atoms with Crippen molar-refractivity contribution >= 4 is 21.8 Å². The van der Waals surface area contributed by atoms with E-state index >= 15 is 0 Å². The predicted molar refractivity (Wildman–Crippen MR) is 71.1 cm³/mol. The van der Waals surface area contributed by atoms with Crippen LogP contribution in [0.15, 0.2) is 35.1 Å². The lowest BCUT2D eigenvalue weighted by Crippen LogP contribution is -2.38. The normalized spacial score (nSPS) is 14.3. The maximum absolute atomic E-state index is 13.9. The summed E-state index contributed by atoms with van der Waals surface area (Å²) in [6.07, 6.45) is 3.60. The van der Waals surface area contributed by atoms with Gasteiger partial charge in [0.1, 0.15) is 11.6 Å². The first-order valence-electron chi connectivity index (χ1n) is 5.90. The molecule has 1 aliphatic rings. The molecule has 1 aromatic carbocycles. The van der Waals surface area contributed by atoms with Crippen LogP contribution in [0.3, 0.4) is 0 Å². The van der Waals surface area contributed by atoms with E-state index in [-0.39, 0.29) is 11.5 Å². The molecule has 1 aromatic heterocycles. The van der Waals surface area contributed by atoms with Gasteiger partial charge in [-0.2, -0.15) is 0 Å². The van der Waals surface area contributed by atoms with Crippen LogP contribution in [-0.2, 0) is 13.1 Å². The number of carbonyl (C=O) groups excluding carboxylic acids is 1. The number of amides is 1. The fourth-order valence-corrected chi connectivity index (χ4v) is 2.55. The highest BCUT2D eigenvalue weighted by atomic mass is 79.9. The number of nitrogens with zero attached hydrogens (tertiary/aromatic N) is 3. The lowest BCUT2D eigenvalue weighted by Gasteiger charge is -2.27. The second-order valence-corrected chi connectivity index (χ2v) is 5.22. The molecule has 4 nitrogen and oxygen atoms in total. The van der Waals surface area contributed by atoms with Crippen molar-refractivity contribution in [1.82, 2.24) is 14.5 Å². The van der Waals surface area contributed by atoms with E-state index in [1.54, 1.807) is 23.2 Å². The quantitative estimate of drug-likeness (QED) is 0.808. The Bertz CT molecular complexity index is 641. The molecule has 3 rings (SSSR count). The van der Waals surface area contributed by atoms with Crippen molar-refractivity contribution in [3.8, 4) is 0 Å². The Morgan fingerprint density at radius 2 is 2.21 bits per heavy atom. The van der Waals surface area contributed by atoms with Crippen LogP contribution in [0.25, 0.3) is 0 Å². The van der Waals surface area contributed by atoms with E-state index in [9.17, 15) is 9.18 Å². The van der Waals surface area contributed by atoms with Crippen molar-refractivity contribution in [2.75, 3.05) is 6.54 Å². The first-order chi connectivity index (χ1) is 9.16. The summed E-state index contributed by atoms with van der Waals surface area (Å²) in [6, 6.07) is 4.74. The van der Waals surface area contributed by atoms with E-state index in [1.807, 2.05) is 10.8 Å². The summed E-state index contributed by atoms with van der Waals surface area (Å²) in [5, 5.41) is 0. The molecular weight excluding hydrogens is 313 g/mol. The molecule has 0 radical (unpaired) electrons. The van der Waals surface area contributed by atoms with E-state index in [4.69, 9.17) is 0 Å². The number of imidazole rings is 1. The van der Waals surface area contributed by atoms with E-state index in [1.165, 1.54) is 6.07 Å². The molecule has 2 heterocycles. The van der Waals surface area contributed by atoms with Crippen LogP contribution in [0.2, 0.25) is 0 Å². The number of hydrogen-bond acceptors (Lipinski definition) is 2. The van der Waals surface area contributed by atoms with Gasteiger partial charge in [-0.05, 0) is 28.1 Å². The molecule has 19 heavy (non-hydrogen) atoms. The molecule has 0 saturated heterocycles. The van der Waals surface area contributed by atoms with Gasteiger partial charge in [-0.3, -0.25) is 4.79 Å². The molecule has 0 fully saturated rings. The highest BCUT2D eigenvalue weighted by molar-refractivity contribution is 9.10. The minimum Gasteiger partial charge on any atom is -0.332 e. The third-order valence-electron chi connectivity index (χ3n) is 3.21. The van der Waals surface area contributed by atoms with Gasteiger partial charge in [0, 0.05) is 25.5 Å². The Labute approximate surface area is 118 Å². The van der Waals surface area contributed by atoms with E-state index in [2.05, 4.69) is 20.9 Å². The topological polar surface area (TPSA) is 38.1 Å². The fourth-order valence-electron chi connectivity index (χ4n) is 2.19. The molecule has 2 aromatic rings. The Hall–Kier alpha value is -1.69. The molecular formula is C13H11BrFN3O. The molecule has 0 saturated carbocycles. The largest absolute Gasteiger partial charge is 0.332 e. The number of benzene rings is 1. The predicted octanol–water partition coefficient (Wildman–Crippen LogP) is 2.44. The molecule has 1 aliphatic heterocycles. The van der Waals surface area contributed by atoms with Gasteiger partial charge in [0.2, 0.25) is 0 Å². The van der Waals surface area contributed by atoms with Gasteiger partial charge in [0.05, 0.1) is 16.6 Å². The first kappa shape index (κ1) is 12.3. The van der Waals surface area contributed by atoms with Crippen molar-refractivity contribution < 1.29 is 9.18 Å². The van der Waals surface area contributed by atoms with Crippen LogP contribution >= 0.6 is 15.9 Å². The summed E-state index contributed by atoms with van der Waals surface area (Å²) in [5.41, 5.74) is 0.0920. The zero-order chi connectivity index (χ0) is 13.4. The highest BCUT2D eigenvalue weighted by Crippen LogP contribution is 2.21. The van der Waals surface area contributed by atoms with Crippen LogP contribution in [0.1, 0.15) is 16.2 Å². The number of hydrogen-bond donors (Lipinski definition) is 0. The van der Waals surface area contributed by atoms with Crippen LogP contribution in [0.4, 0.5) is 4.39 Å². The zero-order valence-corrected chi connectivity index (χ0v) is 11.6. The van der Waals surface area contributed by atoms with Crippen molar-refractivity contribution in [2.45, 2.75) is 13.1 Å². The van der Waals surface area contributed by atoms with Crippen molar-refractivity contribution in [1.29, 1.82) is 0 Å². The van der Waals surface area contributed by atoms with Gasteiger partial charge in [-0.15, -0.1) is 0 Å². The maximum Gasteiger partial charge on any atom is 0.257 e. The van der Waals surface area contributed by atoms with Crippen LogP contribution in [-0.4, -0.2) is 26.9 Å². The Balaban J connectivity index is 1.88. The standard InChI is InChI=1S/C13H11BrFN3O/c14-10-3-1-2-9(12(10)15)13(19)18-7-6-17-5-4-16-11(17)8-18/h1-5H,6-8H2. The fraction of sp³-hybridized carbons (Fsp3) is 0.231. The van der Waals surface area contributed by atoms with Crippen LogP contribution < -0.4 is 0 Å². The third kappa shape index (κ3) is 2.16. The lowest BCUT2D eigenvalue weighted by molar-refractivity contribution is 0.0702. The molecule has 6 heteroatoms. The average Bonchev–Trinajstić information content (AvgIpc) is 2.88. The van der Waals surface area contributed by atoms with Crippen molar-refractivity contribution in [3.05, 3.63) is 52.3 Å². The second-order valence-electron chi connectivity index (χ2n) is 4.36. The summed E-state index contributed by atoms with van der Waals surface area (Å²) in [6.45, 7) is 1.67. The molecule has 1 amide bonds. The van der Waals surface area contributed by atoms with E-state index in [0.29, 0.717) is 24.1 Å². The summed E-state index contributed by atoms with van der Waals surface area (Å²) < 4.78 is 16.2. The molecule has 0 bridgehead atoms. The molecule has 0 unspecified atom stereocenters. The number of carbonyl (C=O) groups is 1. The zero-order valence-electron chi connectivity index (χ0n) is 10.0. The van der Waals surface area contributed by atoms with Gasteiger partial charge < -0.3 is 9.47 Å². The maximum atomic E-state index is 13.9. The van der Waals surface area contributed by atoms with E-state index in [0.717, 1.165) is 5.82 Å². The van der Waals surface area contributed by atoms with Gasteiger partial charge in [-0.25, -0.2) is 9.37 Å². The molecule has 98 valence electrons. The first-order valence-corrected chi connectivity index (χ1v) is 6.69. The van der Waals surface area contributed by atoms with Crippen LogP contribution in [0, 0.1) is 5.82 Å². The van der Waals surface area contributed by atoms with Crippen molar-refractivity contribution in [3.63, 3.8) is 0 Å². The Morgan fingerprint density at radius 3 is 3.05 bits per heavy atom. The van der Waals surface area contributed by atoms with Gasteiger partial charge in [0.25, 0.3) is 5.91 Å². The minimum absolute atomic E-state index is 0.0920. The average molecular weight is 324 g/mol. The second kappa shape index (κ2) is 4.77. The molecule has 0 aliphatic carbocycles. The number of rotatable bonds is 1. The monoisotopic (exact) mass is 323 g/mol. The highest BCUT2D eigenvalue weighted by Gasteiger charge is 2.24. The summed E-state index contributed by atoms with van der Waals surface area (Å²) >= 11 is 3.10. The lowest BCUT2D eigenvalue weighted by atomic mass is 10.1. The van der Waals surface area contributed by atoms with Gasteiger partial charge in [0.15, 0.2) is 0 Å². The number of aromatic nitrogens is 2. The minimum atomic E-state index is -0.513. The smallest absolute Gasteiger partial charge is 0.257 e.